The molecule has 0 atom stereocenters. The number of aryl methyl sites for hydroxylation is 3. The fourth-order valence-electron chi connectivity index (χ4n) is 3.16. The van der Waals surface area contributed by atoms with Crippen LogP contribution in [0.4, 0.5) is 13.2 Å². The molecule has 0 spiro atoms. The van der Waals surface area contributed by atoms with Gasteiger partial charge in [-0.05, 0) is 54.3 Å². The van der Waals surface area contributed by atoms with Crippen molar-refractivity contribution >= 4 is 17.5 Å². The third-order valence-corrected chi connectivity index (χ3v) is 5.16. The summed E-state index contributed by atoms with van der Waals surface area (Å²) >= 11 is 6.25. The van der Waals surface area contributed by atoms with Crippen LogP contribution in [-0.4, -0.2) is 27.0 Å². The second-order valence-corrected chi connectivity index (χ2v) is 7.29. The largest absolute Gasteiger partial charge is 0.573 e. The first-order valence-corrected chi connectivity index (χ1v) is 9.43. The Morgan fingerprint density at radius 1 is 1.23 bits per heavy atom. The van der Waals surface area contributed by atoms with Crippen LogP contribution in [0.5, 0.6) is 5.75 Å². The third kappa shape index (κ3) is 5.08. The summed E-state index contributed by atoms with van der Waals surface area (Å²) in [5, 5.41) is 6.60. The van der Waals surface area contributed by atoms with Gasteiger partial charge in [0.1, 0.15) is 11.6 Å². The van der Waals surface area contributed by atoms with Gasteiger partial charge in [0.05, 0.1) is 0 Å². The Labute approximate surface area is 179 Å². The number of aromatic amines is 1. The first kappa shape index (κ1) is 22.4. The van der Waals surface area contributed by atoms with Gasteiger partial charge in [0.15, 0.2) is 0 Å². The minimum absolute atomic E-state index is 0.0152. The van der Waals surface area contributed by atoms with E-state index in [-0.39, 0.29) is 16.8 Å². The molecule has 1 heterocycles. The summed E-state index contributed by atoms with van der Waals surface area (Å²) in [6.45, 7) is 1.76. The maximum absolute atomic E-state index is 13.0. The van der Waals surface area contributed by atoms with E-state index in [2.05, 4.69) is 14.9 Å². The second kappa shape index (κ2) is 8.46. The zero-order valence-corrected chi connectivity index (χ0v) is 17.3. The molecule has 164 valence electrons. The number of aromatic nitrogens is 3. The highest BCUT2D eigenvalue weighted by molar-refractivity contribution is 6.31. The monoisotopic (exact) mass is 454 g/mol. The Kier molecular flexibility index (Phi) is 6.12. The van der Waals surface area contributed by atoms with Crippen molar-refractivity contribution in [1.82, 2.24) is 14.8 Å². The van der Waals surface area contributed by atoms with Crippen LogP contribution in [0.3, 0.4) is 0 Å². The fourth-order valence-corrected chi connectivity index (χ4v) is 3.32. The number of amides is 1. The van der Waals surface area contributed by atoms with Gasteiger partial charge in [0, 0.05) is 29.6 Å². The number of benzene rings is 2. The van der Waals surface area contributed by atoms with Crippen molar-refractivity contribution in [2.75, 3.05) is 0 Å². The number of carbonyl (C=O) groups excluding carboxylic acids is 1. The predicted octanol–water partition coefficient (Wildman–Crippen LogP) is 3.52. The number of nitrogens with one attached hydrogen (secondary N) is 1. The molecule has 0 aliphatic carbocycles. The standard InChI is InChI=1S/C20H18ClF3N4O3/c1-10-7-11(4-6-17-26-27-19(30)28(17)2)13(9-15(10)21)14-8-12(18(25)29)3-5-16(14)31-20(22,23)24/h3,5,7-9H,4,6H2,1-2H3,(H2,25,29)(H,27,30). The number of nitrogens with zero attached hydrogens (tertiary/aromatic N) is 2. The Hall–Kier alpha value is -3.27. The van der Waals surface area contributed by atoms with Gasteiger partial charge in [-0.25, -0.2) is 9.89 Å². The molecule has 0 bridgehead atoms. The van der Waals surface area contributed by atoms with Gasteiger partial charge < -0.3 is 10.5 Å². The Morgan fingerprint density at radius 2 is 1.94 bits per heavy atom. The molecule has 0 saturated carbocycles. The molecule has 0 aliphatic heterocycles. The third-order valence-electron chi connectivity index (χ3n) is 4.75. The summed E-state index contributed by atoms with van der Waals surface area (Å²) in [4.78, 5) is 23.2. The number of nitrogens with two attached hydrogens (primary N) is 1. The van der Waals surface area contributed by atoms with Crippen molar-refractivity contribution in [2.24, 2.45) is 12.8 Å². The van der Waals surface area contributed by atoms with Crippen LogP contribution in [0.1, 0.15) is 27.3 Å². The number of rotatable bonds is 6. The number of alkyl halides is 3. The smallest absolute Gasteiger partial charge is 0.405 e. The lowest BCUT2D eigenvalue weighted by Crippen LogP contribution is -2.18. The van der Waals surface area contributed by atoms with Crippen LogP contribution < -0.4 is 16.2 Å². The molecule has 1 aromatic heterocycles. The molecule has 31 heavy (non-hydrogen) atoms. The quantitative estimate of drug-likeness (QED) is 0.594. The topological polar surface area (TPSA) is 103 Å². The molecule has 3 aromatic rings. The van der Waals surface area contributed by atoms with Crippen LogP contribution in [0.25, 0.3) is 11.1 Å². The van der Waals surface area contributed by atoms with Gasteiger partial charge in [-0.3, -0.25) is 9.36 Å². The van der Waals surface area contributed by atoms with Crippen molar-refractivity contribution in [3.05, 3.63) is 68.4 Å². The zero-order valence-electron chi connectivity index (χ0n) is 16.5. The van der Waals surface area contributed by atoms with E-state index in [4.69, 9.17) is 17.3 Å². The van der Waals surface area contributed by atoms with Crippen LogP contribution in [0.2, 0.25) is 5.02 Å². The van der Waals surface area contributed by atoms with Crippen molar-refractivity contribution in [3.8, 4) is 16.9 Å². The molecule has 0 unspecified atom stereocenters. The first-order chi connectivity index (χ1) is 14.5. The number of H-pyrrole nitrogens is 1. The van der Waals surface area contributed by atoms with Crippen molar-refractivity contribution in [3.63, 3.8) is 0 Å². The Bertz CT molecular complexity index is 1200. The first-order valence-electron chi connectivity index (χ1n) is 9.05. The Balaban J connectivity index is 2.13. The van der Waals surface area contributed by atoms with E-state index < -0.39 is 18.0 Å². The summed E-state index contributed by atoms with van der Waals surface area (Å²) in [7, 11) is 1.56. The number of primary amides is 1. The van der Waals surface area contributed by atoms with Gasteiger partial charge in [0.2, 0.25) is 5.91 Å². The van der Waals surface area contributed by atoms with Gasteiger partial charge in [-0.15, -0.1) is 13.2 Å². The highest BCUT2D eigenvalue weighted by Crippen LogP contribution is 2.38. The average molecular weight is 455 g/mol. The SMILES string of the molecule is Cc1cc(CCc2n[nH]c(=O)n2C)c(-c2cc(C(N)=O)ccc2OC(F)(F)F)cc1Cl. The van der Waals surface area contributed by atoms with Crippen LogP contribution in [0, 0.1) is 6.92 Å². The normalized spacial score (nSPS) is 11.5. The number of ether oxygens (including phenoxy) is 1. The lowest BCUT2D eigenvalue weighted by atomic mass is 9.93. The van der Waals surface area contributed by atoms with E-state index in [9.17, 15) is 22.8 Å². The molecule has 11 heteroatoms. The molecular formula is C20H18ClF3N4O3. The molecule has 0 fully saturated rings. The molecule has 3 N–H and O–H groups in total. The highest BCUT2D eigenvalue weighted by Gasteiger charge is 2.32. The maximum Gasteiger partial charge on any atom is 0.573 e. The lowest BCUT2D eigenvalue weighted by Gasteiger charge is -2.18. The minimum Gasteiger partial charge on any atom is -0.405 e. The Morgan fingerprint density at radius 3 is 2.52 bits per heavy atom. The molecule has 1 amide bonds. The molecule has 3 rings (SSSR count). The highest BCUT2D eigenvalue weighted by atomic mass is 35.5. The molecule has 2 aromatic carbocycles. The van der Waals surface area contributed by atoms with Gasteiger partial charge in [-0.2, -0.15) is 5.10 Å². The average Bonchev–Trinajstić information content (AvgIpc) is 2.99. The summed E-state index contributed by atoms with van der Waals surface area (Å²) in [5.41, 5.74) is 6.65. The lowest BCUT2D eigenvalue weighted by molar-refractivity contribution is -0.274. The minimum atomic E-state index is -4.94. The maximum atomic E-state index is 13.0. The van der Waals surface area contributed by atoms with E-state index in [1.54, 1.807) is 20.0 Å². The number of halogens is 4. The molecule has 0 saturated heterocycles. The molecule has 7 nitrogen and oxygen atoms in total. The number of hydrogen-bond acceptors (Lipinski definition) is 4. The van der Waals surface area contributed by atoms with Crippen molar-refractivity contribution in [2.45, 2.75) is 26.1 Å². The van der Waals surface area contributed by atoms with E-state index in [0.717, 1.165) is 12.1 Å². The van der Waals surface area contributed by atoms with E-state index in [0.29, 0.717) is 40.4 Å². The van der Waals surface area contributed by atoms with Crippen molar-refractivity contribution in [1.29, 1.82) is 0 Å². The number of carbonyl (C=O) groups is 1. The van der Waals surface area contributed by atoms with Crippen LogP contribution in [0.15, 0.2) is 35.1 Å². The van der Waals surface area contributed by atoms with E-state index in [1.165, 1.54) is 16.7 Å². The fraction of sp³-hybridized carbons (Fsp3) is 0.250. The molecule has 0 aliphatic rings. The van der Waals surface area contributed by atoms with Crippen LogP contribution in [-0.2, 0) is 19.9 Å². The number of hydrogen-bond donors (Lipinski definition) is 2. The summed E-state index contributed by atoms with van der Waals surface area (Å²) in [6.07, 6.45) is -4.28. The van der Waals surface area contributed by atoms with Gasteiger partial charge in [0.25, 0.3) is 0 Å². The predicted molar refractivity (Wildman–Crippen MR) is 108 cm³/mol. The van der Waals surface area contributed by atoms with Crippen LogP contribution >= 0.6 is 11.6 Å². The summed E-state index contributed by atoms with van der Waals surface area (Å²) in [6, 6.07) is 6.67. The van der Waals surface area contributed by atoms with Crippen molar-refractivity contribution < 1.29 is 22.7 Å². The summed E-state index contributed by atoms with van der Waals surface area (Å²) < 4.78 is 44.4. The second-order valence-electron chi connectivity index (χ2n) is 6.89. The summed E-state index contributed by atoms with van der Waals surface area (Å²) in [5.74, 6) is -0.821. The van der Waals surface area contributed by atoms with E-state index >= 15 is 0 Å². The molecule has 0 radical (unpaired) electrons. The zero-order chi connectivity index (χ0) is 22.9. The van der Waals surface area contributed by atoms with Gasteiger partial charge in [-0.1, -0.05) is 17.7 Å². The molecular weight excluding hydrogens is 437 g/mol. The van der Waals surface area contributed by atoms with Gasteiger partial charge >= 0.3 is 12.1 Å². The van der Waals surface area contributed by atoms with E-state index in [1.807, 2.05) is 0 Å².